The SMILES string of the molecule is Cc1ccc(NC(=O)Nc2ccc(-c3nccc4[nH]nc(N)c34)cc2)cc1C. The maximum Gasteiger partial charge on any atom is 0.323 e. The number of anilines is 3. The van der Waals surface area contributed by atoms with Crippen molar-refractivity contribution < 1.29 is 4.79 Å². The molecule has 7 heteroatoms. The molecule has 0 spiro atoms. The molecule has 0 aliphatic carbocycles. The largest absolute Gasteiger partial charge is 0.382 e. The van der Waals surface area contributed by atoms with Crippen molar-refractivity contribution in [2.75, 3.05) is 16.4 Å². The lowest BCUT2D eigenvalue weighted by atomic mass is 10.1. The van der Waals surface area contributed by atoms with Gasteiger partial charge in [-0.05, 0) is 55.3 Å². The average molecular weight is 372 g/mol. The van der Waals surface area contributed by atoms with Gasteiger partial charge in [-0.25, -0.2) is 4.79 Å². The summed E-state index contributed by atoms with van der Waals surface area (Å²) in [5.74, 6) is 0.410. The van der Waals surface area contributed by atoms with Crippen LogP contribution in [0, 0.1) is 13.8 Å². The first kappa shape index (κ1) is 17.5. The fourth-order valence-electron chi connectivity index (χ4n) is 3.03. The van der Waals surface area contributed by atoms with Gasteiger partial charge in [0.2, 0.25) is 0 Å². The van der Waals surface area contributed by atoms with Crippen molar-refractivity contribution in [3.8, 4) is 11.3 Å². The molecule has 0 atom stereocenters. The highest BCUT2D eigenvalue weighted by atomic mass is 16.2. The van der Waals surface area contributed by atoms with Crippen LogP contribution in [0.2, 0.25) is 0 Å². The fourth-order valence-corrected chi connectivity index (χ4v) is 3.03. The summed E-state index contributed by atoms with van der Waals surface area (Å²) in [6.07, 6.45) is 1.71. The Morgan fingerprint density at radius 1 is 0.964 bits per heavy atom. The first-order valence-electron chi connectivity index (χ1n) is 8.85. The number of hydrogen-bond donors (Lipinski definition) is 4. The van der Waals surface area contributed by atoms with Gasteiger partial charge in [-0.15, -0.1) is 0 Å². The minimum atomic E-state index is -0.296. The lowest BCUT2D eigenvalue weighted by Gasteiger charge is -2.10. The number of nitrogen functional groups attached to an aromatic ring is 1. The molecule has 0 bridgehead atoms. The van der Waals surface area contributed by atoms with Crippen LogP contribution in [0.5, 0.6) is 0 Å². The highest BCUT2D eigenvalue weighted by Crippen LogP contribution is 2.29. The number of benzene rings is 2. The van der Waals surface area contributed by atoms with E-state index < -0.39 is 0 Å². The number of fused-ring (bicyclic) bond motifs is 1. The molecule has 0 unspecified atom stereocenters. The second-order valence-corrected chi connectivity index (χ2v) is 6.65. The number of urea groups is 1. The molecule has 4 rings (SSSR count). The van der Waals surface area contributed by atoms with E-state index in [0.29, 0.717) is 11.5 Å². The van der Waals surface area contributed by atoms with Crippen molar-refractivity contribution >= 4 is 34.1 Å². The molecule has 28 heavy (non-hydrogen) atoms. The maximum absolute atomic E-state index is 12.3. The first-order chi connectivity index (χ1) is 13.5. The van der Waals surface area contributed by atoms with Crippen molar-refractivity contribution in [1.29, 1.82) is 0 Å². The third kappa shape index (κ3) is 3.37. The number of rotatable bonds is 3. The lowest BCUT2D eigenvalue weighted by Crippen LogP contribution is -2.19. The van der Waals surface area contributed by atoms with E-state index in [9.17, 15) is 4.79 Å². The minimum absolute atomic E-state index is 0.296. The summed E-state index contributed by atoms with van der Waals surface area (Å²) in [5.41, 5.74) is 12.2. The number of carbonyl (C=O) groups excluding carboxylic acids is 1. The summed E-state index contributed by atoms with van der Waals surface area (Å²) >= 11 is 0. The summed E-state index contributed by atoms with van der Waals surface area (Å²) in [4.78, 5) is 16.7. The number of aromatic amines is 1. The Labute approximate surface area is 162 Å². The quantitative estimate of drug-likeness (QED) is 0.425. The van der Waals surface area contributed by atoms with Crippen LogP contribution in [0.25, 0.3) is 22.2 Å². The molecule has 0 fully saturated rings. The van der Waals surface area contributed by atoms with E-state index in [0.717, 1.165) is 33.4 Å². The number of nitrogens with one attached hydrogen (secondary N) is 3. The van der Waals surface area contributed by atoms with Gasteiger partial charge >= 0.3 is 6.03 Å². The van der Waals surface area contributed by atoms with E-state index in [1.807, 2.05) is 62.4 Å². The Kier molecular flexibility index (Phi) is 4.41. The molecule has 2 amide bonds. The molecule has 2 aromatic heterocycles. The van der Waals surface area contributed by atoms with Crippen molar-refractivity contribution in [3.63, 3.8) is 0 Å². The second kappa shape index (κ2) is 7.03. The van der Waals surface area contributed by atoms with Crippen LogP contribution in [0.3, 0.4) is 0 Å². The summed E-state index contributed by atoms with van der Waals surface area (Å²) in [5, 5.41) is 13.4. The van der Waals surface area contributed by atoms with Crippen LogP contribution in [0.4, 0.5) is 22.0 Å². The summed E-state index contributed by atoms with van der Waals surface area (Å²) in [7, 11) is 0. The molecular weight excluding hydrogens is 352 g/mol. The Balaban J connectivity index is 1.51. The number of H-pyrrole nitrogens is 1. The van der Waals surface area contributed by atoms with Crippen LogP contribution in [0.15, 0.2) is 54.7 Å². The van der Waals surface area contributed by atoms with Crippen molar-refractivity contribution in [2.45, 2.75) is 13.8 Å². The number of nitrogens with zero attached hydrogens (tertiary/aromatic N) is 2. The number of pyridine rings is 1. The smallest absolute Gasteiger partial charge is 0.323 e. The average Bonchev–Trinajstić information content (AvgIpc) is 3.07. The number of carbonyl (C=O) groups is 1. The summed E-state index contributed by atoms with van der Waals surface area (Å²) in [6, 6.07) is 14.8. The monoisotopic (exact) mass is 372 g/mol. The predicted octanol–water partition coefficient (Wildman–Crippen LogP) is 4.47. The fraction of sp³-hybridized carbons (Fsp3) is 0.0952. The zero-order valence-electron chi connectivity index (χ0n) is 15.6. The maximum atomic E-state index is 12.3. The predicted molar refractivity (Wildman–Crippen MR) is 112 cm³/mol. The molecule has 5 N–H and O–H groups in total. The molecule has 0 radical (unpaired) electrons. The van der Waals surface area contributed by atoms with Crippen molar-refractivity contribution in [1.82, 2.24) is 15.2 Å². The standard InChI is InChI=1S/C21H20N6O/c1-12-3-6-16(11-13(12)2)25-21(28)24-15-7-4-14(5-8-15)19-18-17(9-10-23-19)26-27-20(18)22/h3-11H,1-2H3,(H3,22,26,27)(H2,24,25,28). The van der Waals surface area contributed by atoms with Crippen LogP contribution >= 0.6 is 0 Å². The first-order valence-corrected chi connectivity index (χ1v) is 8.85. The lowest BCUT2D eigenvalue weighted by molar-refractivity contribution is 0.262. The molecule has 2 heterocycles. The molecule has 140 valence electrons. The van der Waals surface area contributed by atoms with E-state index in [4.69, 9.17) is 5.73 Å². The molecular formula is C21H20N6O. The van der Waals surface area contributed by atoms with Crippen LogP contribution in [-0.4, -0.2) is 21.2 Å². The van der Waals surface area contributed by atoms with E-state index in [-0.39, 0.29) is 6.03 Å². The topological polar surface area (TPSA) is 109 Å². The van der Waals surface area contributed by atoms with Gasteiger partial charge in [-0.3, -0.25) is 10.1 Å². The molecule has 0 saturated heterocycles. The third-order valence-electron chi connectivity index (χ3n) is 4.68. The summed E-state index contributed by atoms with van der Waals surface area (Å²) < 4.78 is 0. The Hall–Kier alpha value is -3.87. The van der Waals surface area contributed by atoms with Crippen LogP contribution in [0.1, 0.15) is 11.1 Å². The van der Waals surface area contributed by atoms with Gasteiger partial charge < -0.3 is 16.4 Å². The number of aryl methyl sites for hydroxylation is 2. The molecule has 4 aromatic rings. The molecule has 2 aromatic carbocycles. The van der Waals surface area contributed by atoms with Gasteiger partial charge in [-0.1, -0.05) is 18.2 Å². The van der Waals surface area contributed by atoms with E-state index >= 15 is 0 Å². The van der Waals surface area contributed by atoms with E-state index in [2.05, 4.69) is 25.8 Å². The normalized spacial score (nSPS) is 10.8. The van der Waals surface area contributed by atoms with Crippen LogP contribution < -0.4 is 16.4 Å². The number of nitrogens with two attached hydrogens (primary N) is 1. The van der Waals surface area contributed by atoms with Gasteiger partial charge in [0.05, 0.1) is 16.6 Å². The van der Waals surface area contributed by atoms with Gasteiger partial charge in [0.15, 0.2) is 5.82 Å². The Morgan fingerprint density at radius 3 is 2.43 bits per heavy atom. The minimum Gasteiger partial charge on any atom is -0.382 e. The second-order valence-electron chi connectivity index (χ2n) is 6.65. The third-order valence-corrected chi connectivity index (χ3v) is 4.68. The van der Waals surface area contributed by atoms with Gasteiger partial charge in [0.25, 0.3) is 0 Å². The Bertz CT molecular complexity index is 1160. The number of aromatic nitrogens is 3. The van der Waals surface area contributed by atoms with Crippen molar-refractivity contribution in [3.05, 3.63) is 65.9 Å². The Morgan fingerprint density at radius 2 is 1.68 bits per heavy atom. The number of amides is 2. The number of hydrogen-bond acceptors (Lipinski definition) is 4. The molecule has 0 saturated carbocycles. The molecule has 0 aliphatic heterocycles. The zero-order valence-corrected chi connectivity index (χ0v) is 15.6. The summed E-state index contributed by atoms with van der Waals surface area (Å²) in [6.45, 7) is 4.05. The van der Waals surface area contributed by atoms with Gasteiger partial charge in [-0.2, -0.15) is 5.10 Å². The highest BCUT2D eigenvalue weighted by Gasteiger charge is 2.11. The highest BCUT2D eigenvalue weighted by molar-refractivity contribution is 6.01. The van der Waals surface area contributed by atoms with Gasteiger partial charge in [0.1, 0.15) is 0 Å². The zero-order chi connectivity index (χ0) is 19.7. The van der Waals surface area contributed by atoms with Gasteiger partial charge in [0, 0.05) is 23.1 Å². The van der Waals surface area contributed by atoms with E-state index in [1.54, 1.807) is 6.20 Å². The van der Waals surface area contributed by atoms with Crippen LogP contribution in [-0.2, 0) is 0 Å². The van der Waals surface area contributed by atoms with E-state index in [1.165, 1.54) is 5.56 Å². The van der Waals surface area contributed by atoms with Crippen molar-refractivity contribution in [2.24, 2.45) is 0 Å². The molecule has 7 nitrogen and oxygen atoms in total. The molecule has 0 aliphatic rings.